The van der Waals surface area contributed by atoms with E-state index in [1.54, 1.807) is 6.26 Å². The summed E-state index contributed by atoms with van der Waals surface area (Å²) in [6.45, 7) is 0. The molecule has 21 heavy (non-hydrogen) atoms. The Morgan fingerprint density at radius 1 is 1.29 bits per heavy atom. The molecule has 0 spiro atoms. The number of aromatic hydroxyl groups is 1. The molecule has 1 aromatic heterocycles. The number of rotatable bonds is 3. The van der Waals surface area contributed by atoms with Gasteiger partial charge in [0.2, 0.25) is 5.88 Å². The molecule has 1 amide bonds. The van der Waals surface area contributed by atoms with Crippen LogP contribution >= 0.6 is 46.6 Å². The number of nitrogens with zero attached hydrogens (tertiary/aromatic N) is 2. The molecule has 9 heteroatoms. The largest absolute Gasteiger partial charge is 0.493 e. The van der Waals surface area contributed by atoms with Gasteiger partial charge in [-0.15, -0.1) is 0 Å². The van der Waals surface area contributed by atoms with Crippen molar-refractivity contribution in [2.75, 3.05) is 11.6 Å². The van der Waals surface area contributed by atoms with Crippen molar-refractivity contribution in [1.82, 2.24) is 9.97 Å². The summed E-state index contributed by atoms with van der Waals surface area (Å²) in [5.74, 6) is -1.06. The maximum Gasteiger partial charge on any atom is 0.262 e. The van der Waals surface area contributed by atoms with Crippen LogP contribution in [0.5, 0.6) is 5.88 Å². The molecule has 1 aromatic carbocycles. The van der Waals surface area contributed by atoms with Crippen LogP contribution in [0.3, 0.4) is 0 Å². The maximum atomic E-state index is 12.1. The number of hydrogen-bond acceptors (Lipinski definition) is 5. The van der Waals surface area contributed by atoms with Crippen molar-refractivity contribution < 1.29 is 9.90 Å². The first-order chi connectivity index (χ1) is 9.92. The van der Waals surface area contributed by atoms with E-state index in [1.807, 2.05) is 0 Å². The Hall–Kier alpha value is -1.21. The molecule has 0 aliphatic rings. The molecule has 5 nitrogen and oxygen atoms in total. The summed E-state index contributed by atoms with van der Waals surface area (Å²) in [5, 5.41) is 13.3. The van der Waals surface area contributed by atoms with E-state index in [-0.39, 0.29) is 21.3 Å². The molecule has 0 saturated carbocycles. The van der Waals surface area contributed by atoms with Gasteiger partial charge in [-0.2, -0.15) is 4.98 Å². The lowest BCUT2D eigenvalue weighted by molar-refractivity contribution is 0.102. The van der Waals surface area contributed by atoms with Gasteiger partial charge in [-0.3, -0.25) is 4.79 Å². The topological polar surface area (TPSA) is 75.1 Å². The van der Waals surface area contributed by atoms with E-state index in [4.69, 9.17) is 34.8 Å². The van der Waals surface area contributed by atoms with Crippen LogP contribution in [-0.2, 0) is 0 Å². The standard InChI is InChI=1S/C12H8Cl3N3O2S/c1-21-12-16-4-6(11(20)18-12)10(19)17-9-7(14)2-5(13)3-8(9)15/h2-4H,1H3,(H,17,19)(H,16,18,20). The highest BCUT2D eigenvalue weighted by Gasteiger charge is 2.17. The molecular formula is C12H8Cl3N3O2S. The van der Waals surface area contributed by atoms with E-state index in [0.29, 0.717) is 10.2 Å². The van der Waals surface area contributed by atoms with Crippen LogP contribution < -0.4 is 5.32 Å². The van der Waals surface area contributed by atoms with E-state index in [9.17, 15) is 9.90 Å². The van der Waals surface area contributed by atoms with Crippen molar-refractivity contribution >= 4 is 58.2 Å². The van der Waals surface area contributed by atoms with Gasteiger partial charge in [0, 0.05) is 11.2 Å². The first-order valence-corrected chi connectivity index (χ1v) is 7.84. The van der Waals surface area contributed by atoms with Crippen LogP contribution in [0.25, 0.3) is 0 Å². The number of benzene rings is 1. The summed E-state index contributed by atoms with van der Waals surface area (Å²) < 4.78 is 0. The van der Waals surface area contributed by atoms with Gasteiger partial charge in [-0.25, -0.2) is 4.98 Å². The molecule has 0 bridgehead atoms. The van der Waals surface area contributed by atoms with Gasteiger partial charge in [0.25, 0.3) is 5.91 Å². The molecule has 110 valence electrons. The zero-order chi connectivity index (χ0) is 15.6. The minimum atomic E-state index is -0.633. The van der Waals surface area contributed by atoms with Gasteiger partial charge >= 0.3 is 0 Å². The van der Waals surface area contributed by atoms with Crippen LogP contribution in [-0.4, -0.2) is 27.2 Å². The first-order valence-electron chi connectivity index (χ1n) is 5.48. The van der Waals surface area contributed by atoms with Crippen molar-refractivity contribution in [3.05, 3.63) is 39.0 Å². The van der Waals surface area contributed by atoms with Gasteiger partial charge in [-0.05, 0) is 18.4 Å². The average molecular weight is 365 g/mol. The molecule has 2 rings (SSSR count). The third-order valence-corrected chi connectivity index (χ3v) is 3.80. The van der Waals surface area contributed by atoms with Crippen LogP contribution in [0.2, 0.25) is 15.1 Å². The number of hydrogen-bond donors (Lipinski definition) is 2. The Bertz CT molecular complexity index is 689. The second-order valence-electron chi connectivity index (χ2n) is 3.79. The van der Waals surface area contributed by atoms with Gasteiger partial charge in [0.1, 0.15) is 5.56 Å². The summed E-state index contributed by atoms with van der Waals surface area (Å²) in [6, 6.07) is 2.88. The highest BCUT2D eigenvalue weighted by atomic mass is 35.5. The normalized spacial score (nSPS) is 10.5. The predicted molar refractivity (Wildman–Crippen MR) is 84.9 cm³/mol. The number of aromatic nitrogens is 2. The summed E-state index contributed by atoms with van der Waals surface area (Å²) in [4.78, 5) is 19.8. The molecule has 0 fully saturated rings. The molecule has 2 aromatic rings. The van der Waals surface area contributed by atoms with Crippen molar-refractivity contribution in [3.8, 4) is 5.88 Å². The lowest BCUT2D eigenvalue weighted by atomic mass is 10.2. The zero-order valence-corrected chi connectivity index (χ0v) is 13.6. The molecule has 1 heterocycles. The van der Waals surface area contributed by atoms with E-state index >= 15 is 0 Å². The fraction of sp³-hybridized carbons (Fsp3) is 0.0833. The monoisotopic (exact) mass is 363 g/mol. The number of nitrogens with one attached hydrogen (secondary N) is 1. The molecule has 0 unspecified atom stereocenters. The minimum Gasteiger partial charge on any atom is -0.493 e. The second-order valence-corrected chi connectivity index (χ2v) is 5.82. The highest BCUT2D eigenvalue weighted by Crippen LogP contribution is 2.34. The molecule has 0 saturated heterocycles. The molecule has 0 aliphatic carbocycles. The number of halogens is 3. The summed E-state index contributed by atoms with van der Waals surface area (Å²) >= 11 is 19.0. The fourth-order valence-corrected chi connectivity index (χ4v) is 2.71. The van der Waals surface area contributed by atoms with E-state index in [1.165, 1.54) is 30.1 Å². The quantitative estimate of drug-likeness (QED) is 0.633. The summed E-state index contributed by atoms with van der Waals surface area (Å²) in [5.41, 5.74) is 0.107. The molecule has 0 atom stereocenters. The third-order valence-electron chi connectivity index (χ3n) is 2.42. The number of carbonyl (C=O) groups excluding carboxylic acids is 1. The first kappa shape index (κ1) is 16.2. The van der Waals surface area contributed by atoms with Gasteiger partial charge < -0.3 is 10.4 Å². The van der Waals surface area contributed by atoms with Gasteiger partial charge in [-0.1, -0.05) is 46.6 Å². The van der Waals surface area contributed by atoms with Crippen molar-refractivity contribution in [2.24, 2.45) is 0 Å². The number of thioether (sulfide) groups is 1. The van der Waals surface area contributed by atoms with Gasteiger partial charge in [0.15, 0.2) is 5.16 Å². The molecule has 0 aliphatic heterocycles. The Morgan fingerprint density at radius 2 is 1.90 bits per heavy atom. The highest BCUT2D eigenvalue weighted by molar-refractivity contribution is 7.98. The Kier molecular flexibility index (Phi) is 5.16. The fourth-order valence-electron chi connectivity index (χ4n) is 1.46. The second kappa shape index (κ2) is 6.70. The third kappa shape index (κ3) is 3.71. The molecule has 2 N–H and O–H groups in total. The van der Waals surface area contributed by atoms with Crippen LogP contribution in [0.15, 0.2) is 23.5 Å². The van der Waals surface area contributed by atoms with Crippen LogP contribution in [0.4, 0.5) is 5.69 Å². The van der Waals surface area contributed by atoms with Crippen molar-refractivity contribution in [1.29, 1.82) is 0 Å². The number of amides is 1. The average Bonchev–Trinajstić information content (AvgIpc) is 2.42. The van der Waals surface area contributed by atoms with Crippen molar-refractivity contribution in [3.63, 3.8) is 0 Å². The lowest BCUT2D eigenvalue weighted by Gasteiger charge is -2.10. The SMILES string of the molecule is CSc1ncc(C(=O)Nc2c(Cl)cc(Cl)cc2Cl)c(O)n1. The Labute approximate surface area is 139 Å². The molecule has 0 radical (unpaired) electrons. The Balaban J connectivity index is 2.30. The maximum absolute atomic E-state index is 12.1. The number of anilines is 1. The van der Waals surface area contributed by atoms with E-state index in [0.717, 1.165) is 0 Å². The summed E-state index contributed by atoms with van der Waals surface area (Å²) in [6.07, 6.45) is 2.98. The van der Waals surface area contributed by atoms with Crippen LogP contribution in [0.1, 0.15) is 10.4 Å². The van der Waals surface area contributed by atoms with E-state index in [2.05, 4.69) is 15.3 Å². The lowest BCUT2D eigenvalue weighted by Crippen LogP contribution is -2.14. The van der Waals surface area contributed by atoms with E-state index < -0.39 is 11.8 Å². The smallest absolute Gasteiger partial charge is 0.262 e. The van der Waals surface area contributed by atoms with Gasteiger partial charge in [0.05, 0.1) is 15.7 Å². The zero-order valence-electron chi connectivity index (χ0n) is 10.5. The van der Waals surface area contributed by atoms with Crippen molar-refractivity contribution in [2.45, 2.75) is 5.16 Å². The predicted octanol–water partition coefficient (Wildman–Crippen LogP) is 4.12. The molecular weight excluding hydrogens is 357 g/mol. The van der Waals surface area contributed by atoms with Crippen LogP contribution in [0, 0.1) is 0 Å². The summed E-state index contributed by atoms with van der Waals surface area (Å²) in [7, 11) is 0. The number of carbonyl (C=O) groups is 1. The minimum absolute atomic E-state index is 0.0881. The Morgan fingerprint density at radius 3 is 2.43 bits per heavy atom.